The van der Waals surface area contributed by atoms with Crippen LogP contribution in [-0.4, -0.2) is 77.4 Å². The van der Waals surface area contributed by atoms with Gasteiger partial charge in [-0.2, -0.15) is 0 Å². The smallest absolute Gasteiger partial charge is 0.326 e. The lowest BCUT2D eigenvalue weighted by atomic mass is 10.0. The minimum Gasteiger partial charge on any atom is -0.480 e. The number of aliphatic carboxylic acids is 1. The summed E-state index contributed by atoms with van der Waals surface area (Å²) in [6.45, 7) is 10.7. The van der Waals surface area contributed by atoms with E-state index in [4.69, 9.17) is 17.2 Å². The second-order valence-corrected chi connectivity index (χ2v) is 10.2. The summed E-state index contributed by atoms with van der Waals surface area (Å²) in [6, 6.07) is -4.98. The summed E-state index contributed by atoms with van der Waals surface area (Å²) in [6.07, 6.45) is 1.12. The molecule has 11 N–H and O–H groups in total. The van der Waals surface area contributed by atoms with Crippen LogP contribution in [0.2, 0.25) is 0 Å². The fraction of sp³-hybridized carbons (Fsp3) is 0.750. The zero-order valence-corrected chi connectivity index (χ0v) is 23.2. The molecule has 38 heavy (non-hydrogen) atoms. The monoisotopic (exact) mass is 542 g/mol. The number of carboxylic acid groups (broad SMARTS) is 1. The maximum absolute atomic E-state index is 12.9. The molecule has 0 aliphatic rings. The normalized spacial score (nSPS) is 15.0. The summed E-state index contributed by atoms with van der Waals surface area (Å²) >= 11 is 0. The van der Waals surface area contributed by atoms with Gasteiger partial charge < -0.3 is 43.6 Å². The lowest BCUT2D eigenvalue weighted by molar-refractivity contribution is -0.142. The molecule has 0 saturated heterocycles. The van der Waals surface area contributed by atoms with Gasteiger partial charge in [-0.1, -0.05) is 27.7 Å². The van der Waals surface area contributed by atoms with Crippen molar-refractivity contribution in [2.24, 2.45) is 34.0 Å². The van der Waals surface area contributed by atoms with Crippen molar-refractivity contribution < 1.29 is 29.1 Å². The molecule has 0 aliphatic carbocycles. The number of carbonyl (C=O) groups excluding carboxylic acids is 4. The molecule has 14 nitrogen and oxygen atoms in total. The van der Waals surface area contributed by atoms with Crippen molar-refractivity contribution in [3.63, 3.8) is 0 Å². The molecule has 0 rings (SSSR count). The van der Waals surface area contributed by atoms with Gasteiger partial charge in [-0.15, -0.1) is 0 Å². The molecule has 0 bridgehead atoms. The van der Waals surface area contributed by atoms with E-state index in [1.807, 2.05) is 27.7 Å². The SMILES string of the molecule is CC(C)C[C@H](NC(=O)[C@H](C)NC(=O)[C@@H](N)CC(C)C)C(=O)N[C@@H](C)C(=O)N[C@@H](CCCN=C(N)N)C(=O)O. The molecule has 0 aliphatic heterocycles. The first-order chi connectivity index (χ1) is 17.5. The molecule has 0 heterocycles. The Bertz CT molecular complexity index is 844. The van der Waals surface area contributed by atoms with Gasteiger partial charge in [0.2, 0.25) is 23.6 Å². The van der Waals surface area contributed by atoms with E-state index in [0.29, 0.717) is 12.8 Å². The summed E-state index contributed by atoms with van der Waals surface area (Å²) in [5.74, 6) is -3.52. The second kappa shape index (κ2) is 17.2. The molecule has 0 radical (unpaired) electrons. The molecule has 0 fully saturated rings. The Labute approximate surface area is 224 Å². The van der Waals surface area contributed by atoms with E-state index in [-0.39, 0.29) is 37.2 Å². The maximum atomic E-state index is 12.9. The quantitative estimate of drug-likeness (QED) is 0.0606. The van der Waals surface area contributed by atoms with Crippen LogP contribution in [0.1, 0.15) is 67.2 Å². The minimum atomic E-state index is -1.24. The number of hydrogen-bond donors (Lipinski definition) is 8. The zero-order chi connectivity index (χ0) is 29.6. The van der Waals surface area contributed by atoms with Crippen LogP contribution in [0.4, 0.5) is 0 Å². The van der Waals surface area contributed by atoms with Gasteiger partial charge >= 0.3 is 5.97 Å². The van der Waals surface area contributed by atoms with Crippen molar-refractivity contribution in [2.75, 3.05) is 6.54 Å². The maximum Gasteiger partial charge on any atom is 0.326 e. The Balaban J connectivity index is 5.13. The molecule has 0 spiro atoms. The number of aliphatic imine (C=N–C) groups is 1. The average molecular weight is 543 g/mol. The van der Waals surface area contributed by atoms with Crippen LogP contribution in [0, 0.1) is 11.8 Å². The van der Waals surface area contributed by atoms with Crippen LogP contribution in [0.25, 0.3) is 0 Å². The highest BCUT2D eigenvalue weighted by Gasteiger charge is 2.29. The van der Waals surface area contributed by atoms with Gasteiger partial charge in [0.25, 0.3) is 0 Å². The summed E-state index contributed by atoms with van der Waals surface area (Å²) in [5, 5.41) is 19.5. The Morgan fingerprint density at radius 2 is 1.18 bits per heavy atom. The highest BCUT2D eigenvalue weighted by Crippen LogP contribution is 2.07. The third-order valence-corrected chi connectivity index (χ3v) is 5.47. The van der Waals surface area contributed by atoms with Crippen LogP contribution >= 0.6 is 0 Å². The molecular weight excluding hydrogens is 496 g/mol. The van der Waals surface area contributed by atoms with Crippen LogP contribution in [0.5, 0.6) is 0 Å². The molecule has 0 aromatic rings. The molecule has 0 unspecified atom stereocenters. The molecule has 0 aromatic heterocycles. The summed E-state index contributed by atoms with van der Waals surface area (Å²) in [7, 11) is 0. The van der Waals surface area contributed by atoms with Crippen molar-refractivity contribution in [3.8, 4) is 0 Å². The van der Waals surface area contributed by atoms with E-state index in [2.05, 4.69) is 26.3 Å². The van der Waals surface area contributed by atoms with Gasteiger partial charge in [0.05, 0.1) is 6.04 Å². The molecule has 5 atom stereocenters. The minimum absolute atomic E-state index is 0.0150. The topological polar surface area (TPSA) is 244 Å². The number of carbonyl (C=O) groups is 5. The first kappa shape index (κ1) is 34.6. The van der Waals surface area contributed by atoms with Gasteiger partial charge in [0.15, 0.2) is 5.96 Å². The number of carboxylic acids is 1. The van der Waals surface area contributed by atoms with Gasteiger partial charge in [-0.25, -0.2) is 4.79 Å². The number of amides is 4. The van der Waals surface area contributed by atoms with Crippen LogP contribution < -0.4 is 38.5 Å². The first-order valence-electron chi connectivity index (χ1n) is 12.8. The molecule has 0 saturated carbocycles. The number of guanidine groups is 1. The third-order valence-electron chi connectivity index (χ3n) is 5.47. The average Bonchev–Trinajstić information content (AvgIpc) is 2.78. The van der Waals surface area contributed by atoms with Crippen molar-refractivity contribution in [2.45, 2.75) is 97.4 Å². The van der Waals surface area contributed by atoms with E-state index in [0.717, 1.165) is 0 Å². The number of nitrogens with two attached hydrogens (primary N) is 3. The Kier molecular flexibility index (Phi) is 15.6. The largest absolute Gasteiger partial charge is 0.480 e. The fourth-order valence-corrected chi connectivity index (χ4v) is 3.44. The van der Waals surface area contributed by atoms with Crippen LogP contribution in [-0.2, 0) is 24.0 Å². The lowest BCUT2D eigenvalue weighted by Gasteiger charge is -2.25. The Hall–Kier alpha value is -3.42. The van der Waals surface area contributed by atoms with E-state index >= 15 is 0 Å². The van der Waals surface area contributed by atoms with E-state index < -0.39 is 59.8 Å². The molecule has 14 heteroatoms. The summed E-state index contributed by atoms with van der Waals surface area (Å²) < 4.78 is 0. The van der Waals surface area contributed by atoms with Crippen LogP contribution in [0.15, 0.2) is 4.99 Å². The number of hydrogen-bond acceptors (Lipinski definition) is 7. The number of nitrogens with one attached hydrogen (secondary N) is 4. The summed E-state index contributed by atoms with van der Waals surface area (Å²) in [4.78, 5) is 65.8. The number of nitrogens with zero attached hydrogens (tertiary/aromatic N) is 1. The van der Waals surface area contributed by atoms with Gasteiger partial charge in [-0.05, 0) is 51.4 Å². The number of rotatable bonds is 17. The Morgan fingerprint density at radius 3 is 1.63 bits per heavy atom. The van der Waals surface area contributed by atoms with Crippen molar-refractivity contribution in [1.82, 2.24) is 21.3 Å². The molecular formula is C24H46N8O6. The van der Waals surface area contributed by atoms with E-state index in [1.165, 1.54) is 13.8 Å². The molecule has 4 amide bonds. The predicted molar refractivity (Wildman–Crippen MR) is 144 cm³/mol. The van der Waals surface area contributed by atoms with Gasteiger partial charge in [0.1, 0.15) is 24.2 Å². The Morgan fingerprint density at radius 1 is 0.711 bits per heavy atom. The molecule has 218 valence electrons. The van der Waals surface area contributed by atoms with Gasteiger partial charge in [-0.3, -0.25) is 24.2 Å². The first-order valence-corrected chi connectivity index (χ1v) is 12.8. The van der Waals surface area contributed by atoms with Crippen LogP contribution in [0.3, 0.4) is 0 Å². The standard InChI is InChI=1S/C24H46N8O6/c1-12(2)10-16(25)21(35)29-14(5)20(34)32-18(11-13(3)4)22(36)30-15(6)19(33)31-17(23(37)38)8-7-9-28-24(26)27/h12-18H,7-11,25H2,1-6H3,(H,29,35)(H,30,36)(H,31,33)(H,32,34)(H,37,38)(H4,26,27,28)/t14-,15-,16-,17-,18-/m0/s1. The van der Waals surface area contributed by atoms with E-state index in [1.54, 1.807) is 0 Å². The zero-order valence-electron chi connectivity index (χ0n) is 23.2. The van der Waals surface area contributed by atoms with Crippen molar-refractivity contribution in [1.29, 1.82) is 0 Å². The summed E-state index contributed by atoms with van der Waals surface area (Å²) in [5.41, 5.74) is 16.3. The fourth-order valence-electron chi connectivity index (χ4n) is 3.44. The highest BCUT2D eigenvalue weighted by molar-refractivity contribution is 5.95. The highest BCUT2D eigenvalue weighted by atomic mass is 16.4. The third kappa shape index (κ3) is 14.4. The van der Waals surface area contributed by atoms with Crippen molar-refractivity contribution in [3.05, 3.63) is 0 Å². The molecule has 0 aromatic carbocycles. The van der Waals surface area contributed by atoms with Crippen molar-refractivity contribution >= 4 is 35.6 Å². The predicted octanol–water partition coefficient (Wildman–Crippen LogP) is -1.48. The second-order valence-electron chi connectivity index (χ2n) is 10.2. The van der Waals surface area contributed by atoms with Gasteiger partial charge in [0, 0.05) is 6.54 Å². The lowest BCUT2D eigenvalue weighted by Crippen LogP contribution is -2.57. The van der Waals surface area contributed by atoms with E-state index in [9.17, 15) is 29.1 Å².